The number of anilines is 3. The maximum atomic E-state index is 12.4. The number of methoxy groups -OCH3 is 1. The van der Waals surface area contributed by atoms with Crippen molar-refractivity contribution >= 4 is 29.1 Å². The molecule has 4 rings (SSSR count). The van der Waals surface area contributed by atoms with Gasteiger partial charge in [0.15, 0.2) is 11.5 Å². The molecule has 2 N–H and O–H groups in total. The van der Waals surface area contributed by atoms with E-state index < -0.39 is 5.97 Å². The Balaban J connectivity index is 1.41. The Kier molecular flexibility index (Phi) is 4.98. The second kappa shape index (κ2) is 7.89. The molecule has 0 bridgehead atoms. The Morgan fingerprint density at radius 2 is 1.83 bits per heavy atom. The van der Waals surface area contributed by atoms with Gasteiger partial charge in [-0.15, -0.1) is 0 Å². The molecule has 146 valence electrons. The Morgan fingerprint density at radius 1 is 0.966 bits per heavy atom. The van der Waals surface area contributed by atoms with E-state index in [0.29, 0.717) is 39.8 Å². The number of nitrogens with one attached hydrogen (secondary N) is 2. The van der Waals surface area contributed by atoms with Gasteiger partial charge in [-0.3, -0.25) is 4.79 Å². The van der Waals surface area contributed by atoms with E-state index in [1.54, 1.807) is 54.7 Å². The second-order valence-corrected chi connectivity index (χ2v) is 6.15. The van der Waals surface area contributed by atoms with Crippen molar-refractivity contribution in [2.24, 2.45) is 0 Å². The molecule has 1 aromatic heterocycles. The Bertz CT molecular complexity index is 1070. The molecule has 8 heteroatoms. The highest BCUT2D eigenvalue weighted by atomic mass is 16.7. The van der Waals surface area contributed by atoms with E-state index in [1.807, 2.05) is 6.07 Å². The summed E-state index contributed by atoms with van der Waals surface area (Å²) in [6, 6.07) is 15.4. The molecule has 0 fully saturated rings. The van der Waals surface area contributed by atoms with Crippen LogP contribution < -0.4 is 20.1 Å². The van der Waals surface area contributed by atoms with Crippen LogP contribution in [0.2, 0.25) is 0 Å². The van der Waals surface area contributed by atoms with E-state index in [2.05, 4.69) is 15.6 Å². The summed E-state index contributed by atoms with van der Waals surface area (Å²) in [5.41, 5.74) is 2.30. The quantitative estimate of drug-likeness (QED) is 0.641. The lowest BCUT2D eigenvalue weighted by Crippen LogP contribution is -2.12. The molecule has 1 aliphatic rings. The normalized spacial score (nSPS) is 11.6. The first kappa shape index (κ1) is 18.3. The Labute approximate surface area is 166 Å². The zero-order chi connectivity index (χ0) is 20.2. The third-order valence-electron chi connectivity index (χ3n) is 4.21. The number of esters is 1. The Hall–Kier alpha value is -4.07. The van der Waals surface area contributed by atoms with Crippen LogP contribution in [-0.4, -0.2) is 30.8 Å². The van der Waals surface area contributed by atoms with Gasteiger partial charge in [0.2, 0.25) is 6.79 Å². The van der Waals surface area contributed by atoms with Gasteiger partial charge in [-0.05, 0) is 48.5 Å². The van der Waals surface area contributed by atoms with Gasteiger partial charge in [-0.25, -0.2) is 9.78 Å². The molecular weight excluding hydrogens is 374 g/mol. The van der Waals surface area contributed by atoms with Crippen molar-refractivity contribution in [3.63, 3.8) is 0 Å². The van der Waals surface area contributed by atoms with Gasteiger partial charge in [-0.2, -0.15) is 0 Å². The number of fused-ring (bicyclic) bond motifs is 1. The molecule has 0 spiro atoms. The first-order valence-electron chi connectivity index (χ1n) is 8.75. The molecule has 0 aliphatic carbocycles. The fraction of sp³-hybridized carbons (Fsp3) is 0.0952. The average molecular weight is 391 g/mol. The number of ether oxygens (including phenoxy) is 3. The number of carbonyl (C=O) groups is 2. The van der Waals surface area contributed by atoms with Crippen LogP contribution in [0.25, 0.3) is 0 Å². The predicted molar refractivity (Wildman–Crippen MR) is 106 cm³/mol. The maximum absolute atomic E-state index is 12.4. The molecule has 3 aromatic rings. The summed E-state index contributed by atoms with van der Waals surface area (Å²) < 4.78 is 15.2. The van der Waals surface area contributed by atoms with Crippen LogP contribution in [0, 0.1) is 0 Å². The van der Waals surface area contributed by atoms with Gasteiger partial charge in [0.05, 0.1) is 24.6 Å². The molecule has 0 saturated heterocycles. The van der Waals surface area contributed by atoms with E-state index in [1.165, 1.54) is 7.11 Å². The summed E-state index contributed by atoms with van der Waals surface area (Å²) in [7, 11) is 1.34. The fourth-order valence-corrected chi connectivity index (χ4v) is 2.78. The molecule has 29 heavy (non-hydrogen) atoms. The Morgan fingerprint density at radius 3 is 2.62 bits per heavy atom. The van der Waals surface area contributed by atoms with Crippen molar-refractivity contribution in [2.75, 3.05) is 24.5 Å². The van der Waals surface area contributed by atoms with Crippen LogP contribution in [0.5, 0.6) is 11.5 Å². The standard InChI is InChI=1S/C21H17N3O5/c1-27-21(26)14-3-2-4-15(9-14)23-16-6-8-19(22-11-16)24-20(25)13-5-7-17-18(10-13)29-12-28-17/h2-11,23H,12H2,1H3,(H,22,24,25). The minimum atomic E-state index is -0.409. The first-order chi connectivity index (χ1) is 14.1. The maximum Gasteiger partial charge on any atom is 0.337 e. The highest BCUT2D eigenvalue weighted by Crippen LogP contribution is 2.32. The number of nitrogens with zero attached hydrogens (tertiary/aromatic N) is 1. The number of amides is 1. The summed E-state index contributed by atoms with van der Waals surface area (Å²) in [6.07, 6.45) is 1.58. The molecule has 8 nitrogen and oxygen atoms in total. The van der Waals surface area contributed by atoms with Crippen LogP contribution in [-0.2, 0) is 4.74 Å². The van der Waals surface area contributed by atoms with Crippen LogP contribution in [0.3, 0.4) is 0 Å². The predicted octanol–water partition coefficient (Wildman–Crippen LogP) is 3.59. The van der Waals surface area contributed by atoms with Crippen LogP contribution in [0.1, 0.15) is 20.7 Å². The molecule has 2 heterocycles. The van der Waals surface area contributed by atoms with E-state index in [9.17, 15) is 9.59 Å². The third-order valence-corrected chi connectivity index (χ3v) is 4.21. The largest absolute Gasteiger partial charge is 0.465 e. The molecule has 0 atom stereocenters. The van der Waals surface area contributed by atoms with Crippen LogP contribution in [0.15, 0.2) is 60.8 Å². The van der Waals surface area contributed by atoms with Crippen LogP contribution in [0.4, 0.5) is 17.2 Å². The molecule has 0 radical (unpaired) electrons. The summed E-state index contributed by atoms with van der Waals surface area (Å²) >= 11 is 0. The van der Waals surface area contributed by atoms with Crippen molar-refractivity contribution in [3.05, 3.63) is 71.9 Å². The van der Waals surface area contributed by atoms with Crippen molar-refractivity contribution in [3.8, 4) is 11.5 Å². The summed E-state index contributed by atoms with van der Waals surface area (Å²) in [4.78, 5) is 28.3. The zero-order valence-corrected chi connectivity index (χ0v) is 15.5. The lowest BCUT2D eigenvalue weighted by molar-refractivity contribution is 0.0600. The van der Waals surface area contributed by atoms with Crippen molar-refractivity contribution in [1.82, 2.24) is 4.98 Å². The third kappa shape index (κ3) is 4.11. The number of aromatic nitrogens is 1. The molecule has 0 saturated carbocycles. The molecule has 1 amide bonds. The highest BCUT2D eigenvalue weighted by molar-refractivity contribution is 6.04. The zero-order valence-electron chi connectivity index (χ0n) is 15.5. The summed E-state index contributed by atoms with van der Waals surface area (Å²) in [5, 5.41) is 5.89. The summed E-state index contributed by atoms with van der Waals surface area (Å²) in [5.74, 6) is 0.850. The van der Waals surface area contributed by atoms with E-state index in [-0.39, 0.29) is 12.7 Å². The average Bonchev–Trinajstić information content (AvgIpc) is 3.22. The number of pyridine rings is 1. The topological polar surface area (TPSA) is 98.8 Å². The van der Waals surface area contributed by atoms with Gasteiger partial charge in [-0.1, -0.05) is 6.07 Å². The smallest absolute Gasteiger partial charge is 0.337 e. The summed E-state index contributed by atoms with van der Waals surface area (Å²) in [6.45, 7) is 0.152. The number of benzene rings is 2. The van der Waals surface area contributed by atoms with Gasteiger partial charge in [0, 0.05) is 11.3 Å². The number of rotatable bonds is 5. The second-order valence-electron chi connectivity index (χ2n) is 6.15. The highest BCUT2D eigenvalue weighted by Gasteiger charge is 2.16. The molecular formula is C21H17N3O5. The number of hydrogen-bond donors (Lipinski definition) is 2. The van der Waals surface area contributed by atoms with Gasteiger partial charge < -0.3 is 24.8 Å². The minimum absolute atomic E-state index is 0.152. The van der Waals surface area contributed by atoms with Gasteiger partial charge >= 0.3 is 5.97 Å². The van der Waals surface area contributed by atoms with Gasteiger partial charge in [0.1, 0.15) is 5.82 Å². The van der Waals surface area contributed by atoms with Crippen molar-refractivity contribution in [1.29, 1.82) is 0 Å². The molecule has 1 aliphatic heterocycles. The number of carbonyl (C=O) groups excluding carboxylic acids is 2. The van der Waals surface area contributed by atoms with E-state index >= 15 is 0 Å². The number of hydrogen-bond acceptors (Lipinski definition) is 7. The van der Waals surface area contributed by atoms with E-state index in [0.717, 1.165) is 0 Å². The van der Waals surface area contributed by atoms with E-state index in [4.69, 9.17) is 14.2 Å². The molecule has 2 aromatic carbocycles. The fourth-order valence-electron chi connectivity index (χ4n) is 2.78. The lowest BCUT2D eigenvalue weighted by atomic mass is 10.2. The van der Waals surface area contributed by atoms with Crippen LogP contribution >= 0.6 is 0 Å². The minimum Gasteiger partial charge on any atom is -0.465 e. The monoisotopic (exact) mass is 391 g/mol. The van der Waals surface area contributed by atoms with Gasteiger partial charge in [0.25, 0.3) is 5.91 Å². The van der Waals surface area contributed by atoms with Crippen molar-refractivity contribution in [2.45, 2.75) is 0 Å². The van der Waals surface area contributed by atoms with Crippen molar-refractivity contribution < 1.29 is 23.8 Å². The SMILES string of the molecule is COC(=O)c1cccc(Nc2ccc(NC(=O)c3ccc4c(c3)OCO4)nc2)c1. The lowest BCUT2D eigenvalue weighted by Gasteiger charge is -2.09. The first-order valence-corrected chi connectivity index (χ1v) is 8.75. The molecule has 0 unspecified atom stereocenters.